The first kappa shape index (κ1) is 15.0. The monoisotopic (exact) mass is 256 g/mol. The van der Waals surface area contributed by atoms with Crippen molar-refractivity contribution in [1.82, 2.24) is 4.90 Å². The predicted molar refractivity (Wildman–Crippen MR) is 69.0 cm³/mol. The minimum atomic E-state index is -0.777. The minimum absolute atomic E-state index is 0.0446. The van der Waals surface area contributed by atoms with Crippen LogP contribution in [0.5, 0.6) is 0 Å². The van der Waals surface area contributed by atoms with Gasteiger partial charge in [0.2, 0.25) is 5.91 Å². The maximum Gasteiger partial charge on any atom is 0.309 e. The lowest BCUT2D eigenvalue weighted by Crippen LogP contribution is -2.52. The van der Waals surface area contributed by atoms with Crippen molar-refractivity contribution in [3.63, 3.8) is 0 Å². The number of piperidine rings is 1. The number of carbonyl (C=O) groups is 2. The smallest absolute Gasteiger partial charge is 0.309 e. The van der Waals surface area contributed by atoms with Gasteiger partial charge < -0.3 is 15.7 Å². The number of aliphatic carboxylic acids is 1. The van der Waals surface area contributed by atoms with E-state index in [1.807, 2.05) is 13.8 Å². The summed E-state index contributed by atoms with van der Waals surface area (Å²) in [7, 11) is 0. The van der Waals surface area contributed by atoms with Crippen molar-refractivity contribution < 1.29 is 14.7 Å². The number of hydrogen-bond donors (Lipinski definition) is 2. The molecule has 104 valence electrons. The molecule has 1 amide bonds. The quantitative estimate of drug-likeness (QED) is 0.788. The Hall–Kier alpha value is -1.10. The summed E-state index contributed by atoms with van der Waals surface area (Å²) >= 11 is 0. The second kappa shape index (κ2) is 5.69. The number of rotatable bonds is 4. The number of amides is 1. The summed E-state index contributed by atoms with van der Waals surface area (Å²) < 4.78 is 0. The molecule has 0 saturated carbocycles. The molecule has 0 aromatic carbocycles. The molecule has 0 aliphatic carbocycles. The van der Waals surface area contributed by atoms with Gasteiger partial charge in [-0.15, -0.1) is 0 Å². The molecule has 1 aliphatic heterocycles. The lowest BCUT2D eigenvalue weighted by atomic mass is 9.80. The van der Waals surface area contributed by atoms with Crippen molar-refractivity contribution in [2.45, 2.75) is 46.1 Å². The van der Waals surface area contributed by atoms with E-state index < -0.39 is 17.4 Å². The molecule has 18 heavy (non-hydrogen) atoms. The number of carboxylic acid groups (broad SMARTS) is 1. The highest BCUT2D eigenvalue weighted by molar-refractivity contribution is 5.82. The average molecular weight is 256 g/mol. The topological polar surface area (TPSA) is 83.6 Å². The molecule has 0 spiro atoms. The maximum absolute atomic E-state index is 12.1. The van der Waals surface area contributed by atoms with Crippen molar-refractivity contribution in [2.24, 2.45) is 17.1 Å². The fraction of sp³-hybridized carbons (Fsp3) is 0.846. The number of likely N-dealkylation sites (tertiary alicyclic amines) is 1. The van der Waals surface area contributed by atoms with Crippen molar-refractivity contribution in [3.05, 3.63) is 0 Å². The van der Waals surface area contributed by atoms with Crippen LogP contribution >= 0.6 is 0 Å². The third-order valence-corrected chi connectivity index (χ3v) is 4.24. The zero-order chi connectivity index (χ0) is 13.9. The van der Waals surface area contributed by atoms with E-state index in [1.54, 1.807) is 11.8 Å². The second-order valence-electron chi connectivity index (χ2n) is 5.60. The van der Waals surface area contributed by atoms with Crippen LogP contribution in [0.3, 0.4) is 0 Å². The largest absolute Gasteiger partial charge is 0.481 e. The zero-order valence-electron chi connectivity index (χ0n) is 11.5. The molecule has 1 rings (SSSR count). The number of nitrogens with zero attached hydrogens (tertiary/aromatic N) is 1. The first-order chi connectivity index (χ1) is 8.31. The van der Waals surface area contributed by atoms with Gasteiger partial charge in [-0.2, -0.15) is 0 Å². The van der Waals surface area contributed by atoms with Gasteiger partial charge in [0.25, 0.3) is 0 Å². The van der Waals surface area contributed by atoms with Crippen LogP contribution in [0.2, 0.25) is 0 Å². The molecule has 0 bridgehead atoms. The summed E-state index contributed by atoms with van der Waals surface area (Å²) in [6.45, 7) is 6.70. The SMILES string of the molecule is CCC(C)[C@H](N)C(=O)N1CCC(C)(C(=O)O)CC1. The van der Waals surface area contributed by atoms with Crippen LogP contribution in [0, 0.1) is 11.3 Å². The van der Waals surface area contributed by atoms with E-state index in [0.717, 1.165) is 6.42 Å². The van der Waals surface area contributed by atoms with Gasteiger partial charge in [-0.05, 0) is 25.7 Å². The van der Waals surface area contributed by atoms with Gasteiger partial charge in [-0.25, -0.2) is 0 Å². The highest BCUT2D eigenvalue weighted by atomic mass is 16.4. The molecule has 5 nitrogen and oxygen atoms in total. The Bertz CT molecular complexity index is 322. The summed E-state index contributed by atoms with van der Waals surface area (Å²) in [5.41, 5.74) is 5.22. The van der Waals surface area contributed by atoms with Crippen LogP contribution in [0.15, 0.2) is 0 Å². The van der Waals surface area contributed by atoms with Gasteiger partial charge in [0.05, 0.1) is 11.5 Å². The first-order valence-electron chi connectivity index (χ1n) is 6.59. The van der Waals surface area contributed by atoms with E-state index >= 15 is 0 Å². The average Bonchev–Trinajstić information content (AvgIpc) is 2.36. The lowest BCUT2D eigenvalue weighted by molar-refractivity contribution is -0.153. The van der Waals surface area contributed by atoms with E-state index in [-0.39, 0.29) is 11.8 Å². The Morgan fingerprint density at radius 1 is 1.39 bits per heavy atom. The minimum Gasteiger partial charge on any atom is -0.481 e. The maximum atomic E-state index is 12.1. The number of hydrogen-bond acceptors (Lipinski definition) is 3. The fourth-order valence-electron chi connectivity index (χ4n) is 2.14. The van der Waals surface area contributed by atoms with Gasteiger partial charge in [-0.3, -0.25) is 9.59 Å². The van der Waals surface area contributed by atoms with Crippen LogP contribution in [-0.4, -0.2) is 41.0 Å². The van der Waals surface area contributed by atoms with E-state index in [1.165, 1.54) is 0 Å². The van der Waals surface area contributed by atoms with Gasteiger partial charge >= 0.3 is 5.97 Å². The Labute approximate surface area is 108 Å². The number of carboxylic acids is 1. The van der Waals surface area contributed by atoms with E-state index in [2.05, 4.69) is 0 Å². The number of carbonyl (C=O) groups excluding carboxylic acids is 1. The molecule has 3 N–H and O–H groups in total. The van der Waals surface area contributed by atoms with E-state index in [9.17, 15) is 9.59 Å². The lowest BCUT2D eigenvalue weighted by Gasteiger charge is -2.38. The standard InChI is InChI=1S/C13H24N2O3/c1-4-9(2)10(14)11(16)15-7-5-13(3,6-8-15)12(17)18/h9-10H,4-8,14H2,1-3H3,(H,17,18)/t9?,10-/m0/s1. The summed E-state index contributed by atoms with van der Waals surface area (Å²) in [6, 6.07) is -0.468. The fourth-order valence-corrected chi connectivity index (χ4v) is 2.14. The molecular weight excluding hydrogens is 232 g/mol. The van der Waals surface area contributed by atoms with Crippen LogP contribution in [-0.2, 0) is 9.59 Å². The van der Waals surface area contributed by atoms with Crippen LogP contribution in [0.25, 0.3) is 0 Å². The second-order valence-corrected chi connectivity index (χ2v) is 5.60. The van der Waals surface area contributed by atoms with Gasteiger partial charge in [0, 0.05) is 13.1 Å². The number of nitrogens with two attached hydrogens (primary N) is 1. The van der Waals surface area contributed by atoms with Crippen molar-refractivity contribution >= 4 is 11.9 Å². The van der Waals surface area contributed by atoms with Crippen molar-refractivity contribution in [2.75, 3.05) is 13.1 Å². The van der Waals surface area contributed by atoms with Gasteiger partial charge in [-0.1, -0.05) is 20.3 Å². The molecule has 1 saturated heterocycles. The molecular formula is C13H24N2O3. The molecule has 1 heterocycles. The summed E-state index contributed by atoms with van der Waals surface area (Å²) in [5, 5.41) is 9.13. The summed E-state index contributed by atoms with van der Waals surface area (Å²) in [4.78, 5) is 25.0. The van der Waals surface area contributed by atoms with Crippen LogP contribution in [0.4, 0.5) is 0 Å². The molecule has 0 aromatic heterocycles. The summed E-state index contributed by atoms with van der Waals surface area (Å²) in [6.07, 6.45) is 1.87. The molecule has 5 heteroatoms. The van der Waals surface area contributed by atoms with E-state index in [0.29, 0.717) is 25.9 Å². The molecule has 1 aliphatic rings. The Balaban J connectivity index is 2.58. The Morgan fingerprint density at radius 2 is 1.89 bits per heavy atom. The molecule has 2 atom stereocenters. The Morgan fingerprint density at radius 3 is 2.28 bits per heavy atom. The van der Waals surface area contributed by atoms with Crippen LogP contribution in [0.1, 0.15) is 40.0 Å². The molecule has 1 unspecified atom stereocenters. The molecule has 0 aromatic rings. The third kappa shape index (κ3) is 3.02. The third-order valence-electron chi connectivity index (χ3n) is 4.24. The molecule has 1 fully saturated rings. The normalized spacial score (nSPS) is 22.3. The van der Waals surface area contributed by atoms with Gasteiger partial charge in [0.15, 0.2) is 0 Å². The highest BCUT2D eigenvalue weighted by Crippen LogP contribution is 2.31. The van der Waals surface area contributed by atoms with Crippen LogP contribution < -0.4 is 5.73 Å². The summed E-state index contributed by atoms with van der Waals surface area (Å²) in [5.74, 6) is -0.664. The van der Waals surface area contributed by atoms with E-state index in [4.69, 9.17) is 10.8 Å². The van der Waals surface area contributed by atoms with Crippen molar-refractivity contribution in [1.29, 1.82) is 0 Å². The highest BCUT2D eigenvalue weighted by Gasteiger charge is 2.39. The first-order valence-corrected chi connectivity index (χ1v) is 6.59. The molecule has 0 radical (unpaired) electrons. The predicted octanol–water partition coefficient (Wildman–Crippen LogP) is 1.07. The van der Waals surface area contributed by atoms with Gasteiger partial charge in [0.1, 0.15) is 0 Å². The Kier molecular flexibility index (Phi) is 4.73. The zero-order valence-corrected chi connectivity index (χ0v) is 11.5. The van der Waals surface area contributed by atoms with Crippen molar-refractivity contribution in [3.8, 4) is 0 Å².